The first-order valence-corrected chi connectivity index (χ1v) is 33.6. The van der Waals surface area contributed by atoms with E-state index >= 15 is 0 Å². The number of anilines is 3. The average Bonchev–Trinajstić information content (AvgIpc) is 1.51. The van der Waals surface area contributed by atoms with Gasteiger partial charge in [0.25, 0.3) is 0 Å². The van der Waals surface area contributed by atoms with E-state index in [4.69, 9.17) is 0 Å². The SMILES string of the molecule is CC(C)(C)CC(c1cccc(-c2ccc3c(c2)C2(c4ccccc4-3)c3ccccc3-c3ccc(-c4cccc5c6cc(-c7ccc(N(c8ccc(-c9ccccc9)cc8)c8ccc9c(c8)C(C)(C)c8ccccc8-9)cc7)ccc6n(-c6ccccc6)c45)cc32)c1)C(C)(C)C. The van der Waals surface area contributed by atoms with Crippen LogP contribution in [-0.4, -0.2) is 4.57 Å². The molecule has 94 heavy (non-hydrogen) atoms. The lowest BCUT2D eigenvalue weighted by Gasteiger charge is -2.36. The summed E-state index contributed by atoms with van der Waals surface area (Å²) in [5.74, 6) is 0.414. The maximum absolute atomic E-state index is 2.56. The van der Waals surface area contributed by atoms with Crippen LogP contribution in [0.2, 0.25) is 0 Å². The van der Waals surface area contributed by atoms with Gasteiger partial charge < -0.3 is 9.47 Å². The predicted octanol–water partition coefficient (Wildman–Crippen LogP) is 25.1. The van der Waals surface area contributed by atoms with Crippen LogP contribution in [0, 0.1) is 10.8 Å². The van der Waals surface area contributed by atoms with Crippen molar-refractivity contribution >= 4 is 38.9 Å². The Labute approximate surface area is 554 Å². The molecule has 1 spiro atoms. The summed E-state index contributed by atoms with van der Waals surface area (Å²) in [5.41, 5.74) is 33.5. The van der Waals surface area contributed by atoms with E-state index in [1.807, 2.05) is 0 Å². The molecule has 1 aromatic heterocycles. The standard InChI is InChI=1S/C92H76N2/c1-89(2,3)58-86(90(4,5)6)66-26-21-25-62(53-66)64-41-49-76-73-30-16-19-35-81(73)92(84(76)55-64)82-36-20-17-31-74(82)77-50-42-65(56-85(77)92)71-32-22-33-78-79-54-63(43-52-87(79)94(88(71)78)67-27-13-10-14-28-67)61-39-46-69(47-40-61)93(68-44-37-60(38-45-68)59-23-11-9-12-24-59)70-48-51-75-72-29-15-18-34-80(72)91(7,8)83(75)57-70/h9-57,86H,58H2,1-8H3. The molecule has 3 aliphatic rings. The third-order valence-electron chi connectivity index (χ3n) is 21.2. The van der Waals surface area contributed by atoms with Crippen LogP contribution in [0.15, 0.2) is 297 Å². The maximum atomic E-state index is 2.56. The fourth-order valence-corrected chi connectivity index (χ4v) is 16.8. The van der Waals surface area contributed by atoms with Gasteiger partial charge in [-0.2, -0.15) is 0 Å². The second-order valence-electron chi connectivity index (χ2n) is 29.5. The number of rotatable bonds is 10. The number of para-hydroxylation sites is 2. The Morgan fingerprint density at radius 2 is 0.777 bits per heavy atom. The number of aromatic nitrogens is 1. The lowest BCUT2D eigenvalue weighted by atomic mass is 9.68. The van der Waals surface area contributed by atoms with E-state index in [1.54, 1.807) is 0 Å². The highest BCUT2D eigenvalue weighted by Crippen LogP contribution is 2.64. The van der Waals surface area contributed by atoms with E-state index in [-0.39, 0.29) is 16.2 Å². The van der Waals surface area contributed by atoms with Gasteiger partial charge in [0.05, 0.1) is 16.4 Å². The molecule has 2 unspecified atom stereocenters. The number of hydrogen-bond donors (Lipinski definition) is 0. The smallest absolute Gasteiger partial charge is 0.0725 e. The molecule has 2 nitrogen and oxygen atoms in total. The van der Waals surface area contributed by atoms with E-state index in [1.165, 1.54) is 139 Å². The Balaban J connectivity index is 0.789. The Hall–Kier alpha value is -10.5. The van der Waals surface area contributed by atoms with Crippen LogP contribution in [0.3, 0.4) is 0 Å². The molecular weight excluding hydrogens is 1130 g/mol. The normalized spacial score (nSPS) is 15.1. The molecule has 454 valence electrons. The van der Waals surface area contributed by atoms with Crippen molar-refractivity contribution < 1.29 is 0 Å². The van der Waals surface area contributed by atoms with Crippen molar-refractivity contribution in [1.82, 2.24) is 4.57 Å². The first kappa shape index (κ1) is 57.4. The molecule has 0 saturated carbocycles. The van der Waals surface area contributed by atoms with Crippen LogP contribution >= 0.6 is 0 Å². The minimum absolute atomic E-state index is 0.111. The summed E-state index contributed by atoms with van der Waals surface area (Å²) in [6.07, 6.45) is 1.12. The molecule has 0 fully saturated rings. The average molecular weight is 1210 g/mol. The molecule has 0 saturated heterocycles. The van der Waals surface area contributed by atoms with Gasteiger partial charge in [-0.05, 0) is 207 Å². The zero-order chi connectivity index (χ0) is 63.8. The molecule has 0 aliphatic heterocycles. The summed E-state index contributed by atoms with van der Waals surface area (Å²) >= 11 is 0. The Bertz CT molecular complexity index is 5310. The van der Waals surface area contributed by atoms with Crippen LogP contribution in [0.1, 0.15) is 107 Å². The minimum atomic E-state index is -0.541. The molecule has 17 rings (SSSR count). The maximum Gasteiger partial charge on any atom is 0.0725 e. The van der Waals surface area contributed by atoms with Crippen molar-refractivity contribution in [1.29, 1.82) is 0 Å². The lowest BCUT2D eigenvalue weighted by molar-refractivity contribution is 0.229. The van der Waals surface area contributed by atoms with Gasteiger partial charge in [-0.3, -0.25) is 0 Å². The minimum Gasteiger partial charge on any atom is -0.310 e. The summed E-state index contributed by atoms with van der Waals surface area (Å²) in [6.45, 7) is 19.1. The van der Waals surface area contributed by atoms with Crippen LogP contribution in [0.25, 0.3) is 105 Å². The zero-order valence-electron chi connectivity index (χ0n) is 55.0. The van der Waals surface area contributed by atoms with Crippen molar-refractivity contribution in [2.45, 2.75) is 78.6 Å². The van der Waals surface area contributed by atoms with Crippen molar-refractivity contribution in [2.24, 2.45) is 10.8 Å². The number of nitrogens with zero attached hydrogens (tertiary/aromatic N) is 2. The fraction of sp³-hybridized carbons (Fsp3) is 0.152. The topological polar surface area (TPSA) is 8.17 Å². The lowest BCUT2D eigenvalue weighted by Crippen LogP contribution is -2.26. The monoisotopic (exact) mass is 1210 g/mol. The van der Waals surface area contributed by atoms with E-state index < -0.39 is 5.41 Å². The van der Waals surface area contributed by atoms with Crippen molar-refractivity contribution in [3.8, 4) is 83.6 Å². The molecule has 0 N–H and O–H groups in total. The molecule has 2 heteroatoms. The molecule has 0 radical (unpaired) electrons. The molecule has 0 amide bonds. The van der Waals surface area contributed by atoms with Crippen molar-refractivity contribution in [3.63, 3.8) is 0 Å². The molecule has 14 aromatic rings. The molecule has 1 heterocycles. The Kier molecular flexibility index (Phi) is 13.1. The highest BCUT2D eigenvalue weighted by Gasteiger charge is 2.52. The predicted molar refractivity (Wildman–Crippen MR) is 397 cm³/mol. The Morgan fingerprint density at radius 1 is 0.330 bits per heavy atom. The van der Waals surface area contributed by atoms with E-state index in [0.29, 0.717) is 5.92 Å². The van der Waals surface area contributed by atoms with Gasteiger partial charge in [0, 0.05) is 44.5 Å². The fourth-order valence-electron chi connectivity index (χ4n) is 16.8. The Morgan fingerprint density at radius 3 is 1.41 bits per heavy atom. The van der Waals surface area contributed by atoms with E-state index in [2.05, 4.69) is 362 Å². The van der Waals surface area contributed by atoms with Crippen LogP contribution < -0.4 is 4.90 Å². The number of fused-ring (bicyclic) bond motifs is 16. The summed E-state index contributed by atoms with van der Waals surface area (Å²) in [5, 5.41) is 2.44. The van der Waals surface area contributed by atoms with Gasteiger partial charge >= 0.3 is 0 Å². The van der Waals surface area contributed by atoms with Crippen LogP contribution in [0.5, 0.6) is 0 Å². The van der Waals surface area contributed by atoms with Gasteiger partial charge in [-0.15, -0.1) is 0 Å². The zero-order valence-corrected chi connectivity index (χ0v) is 55.0. The largest absolute Gasteiger partial charge is 0.310 e. The second kappa shape index (κ2) is 21.5. The second-order valence-corrected chi connectivity index (χ2v) is 29.5. The quantitative estimate of drug-likeness (QED) is 0.132. The molecule has 0 bridgehead atoms. The third kappa shape index (κ3) is 9.05. The van der Waals surface area contributed by atoms with Crippen molar-refractivity contribution in [2.75, 3.05) is 4.90 Å². The van der Waals surface area contributed by atoms with Crippen LogP contribution in [0.4, 0.5) is 17.1 Å². The van der Waals surface area contributed by atoms with Gasteiger partial charge in [0.2, 0.25) is 0 Å². The van der Waals surface area contributed by atoms with E-state index in [0.717, 1.165) is 29.2 Å². The van der Waals surface area contributed by atoms with E-state index in [9.17, 15) is 0 Å². The highest BCUT2D eigenvalue weighted by atomic mass is 15.1. The molecule has 13 aromatic carbocycles. The first-order chi connectivity index (χ1) is 45.6. The summed E-state index contributed by atoms with van der Waals surface area (Å²) in [6, 6.07) is 113. The van der Waals surface area contributed by atoms with Crippen molar-refractivity contribution in [3.05, 3.63) is 336 Å². The summed E-state index contributed by atoms with van der Waals surface area (Å²) < 4.78 is 2.51. The van der Waals surface area contributed by atoms with Gasteiger partial charge in [-0.1, -0.05) is 280 Å². The highest BCUT2D eigenvalue weighted by molar-refractivity contribution is 6.15. The van der Waals surface area contributed by atoms with Gasteiger partial charge in [0.15, 0.2) is 0 Å². The molecule has 2 atom stereocenters. The van der Waals surface area contributed by atoms with Gasteiger partial charge in [-0.25, -0.2) is 0 Å². The number of benzene rings is 13. The molecule has 3 aliphatic carbocycles. The third-order valence-corrected chi connectivity index (χ3v) is 21.2. The first-order valence-electron chi connectivity index (χ1n) is 33.6. The van der Waals surface area contributed by atoms with Crippen LogP contribution in [-0.2, 0) is 10.8 Å². The molecular formula is C92H76N2. The summed E-state index contributed by atoms with van der Waals surface area (Å²) in [4.78, 5) is 2.42. The number of hydrogen-bond acceptors (Lipinski definition) is 1. The summed E-state index contributed by atoms with van der Waals surface area (Å²) in [7, 11) is 0. The van der Waals surface area contributed by atoms with Gasteiger partial charge in [0.1, 0.15) is 0 Å².